The Bertz CT molecular complexity index is 647. The summed E-state index contributed by atoms with van der Waals surface area (Å²) in [6.45, 7) is 0. The molecule has 0 saturated heterocycles. The molecule has 0 aliphatic heterocycles. The first-order valence-electron chi connectivity index (χ1n) is 4.75. The Morgan fingerprint density at radius 2 is 2.06 bits per heavy atom. The Labute approximate surface area is 96.3 Å². The number of aromatic amines is 1. The first kappa shape index (κ1) is 9.30. The molecule has 3 rings (SSSR count). The van der Waals surface area contributed by atoms with E-state index in [-0.39, 0.29) is 5.28 Å². The van der Waals surface area contributed by atoms with Crippen LogP contribution in [-0.4, -0.2) is 19.9 Å². The van der Waals surface area contributed by atoms with E-state index in [1.807, 2.05) is 24.3 Å². The standard InChI is InChI=1S/C11H7ClN4/c12-11-13-4-3-8(16-11)7-1-2-9-10(5-7)15-6-14-9/h1-6H,(H,14,15). The van der Waals surface area contributed by atoms with E-state index in [0.29, 0.717) is 0 Å². The summed E-state index contributed by atoms with van der Waals surface area (Å²) in [5.41, 5.74) is 3.70. The molecule has 2 heterocycles. The number of benzene rings is 1. The topological polar surface area (TPSA) is 54.5 Å². The third kappa shape index (κ3) is 1.53. The van der Waals surface area contributed by atoms with Gasteiger partial charge in [-0.05, 0) is 29.8 Å². The Morgan fingerprint density at radius 3 is 2.94 bits per heavy atom. The van der Waals surface area contributed by atoms with Gasteiger partial charge in [0.05, 0.1) is 23.1 Å². The van der Waals surface area contributed by atoms with Crippen LogP contribution in [0.15, 0.2) is 36.8 Å². The van der Waals surface area contributed by atoms with Crippen molar-refractivity contribution in [2.45, 2.75) is 0 Å². The number of fused-ring (bicyclic) bond motifs is 1. The Hall–Kier alpha value is -1.94. The molecule has 16 heavy (non-hydrogen) atoms. The molecule has 0 spiro atoms. The predicted molar refractivity (Wildman–Crippen MR) is 62.1 cm³/mol. The van der Waals surface area contributed by atoms with E-state index in [1.54, 1.807) is 12.5 Å². The van der Waals surface area contributed by atoms with Crippen LogP contribution in [0, 0.1) is 0 Å². The zero-order valence-electron chi connectivity index (χ0n) is 8.18. The fourth-order valence-electron chi connectivity index (χ4n) is 1.59. The maximum atomic E-state index is 5.75. The van der Waals surface area contributed by atoms with E-state index in [1.165, 1.54) is 0 Å². The van der Waals surface area contributed by atoms with Gasteiger partial charge in [0.2, 0.25) is 5.28 Å². The number of imidazole rings is 1. The van der Waals surface area contributed by atoms with Crippen LogP contribution in [0.2, 0.25) is 5.28 Å². The molecule has 1 aromatic carbocycles. The van der Waals surface area contributed by atoms with Crippen molar-refractivity contribution >= 4 is 22.6 Å². The summed E-state index contributed by atoms with van der Waals surface area (Å²) in [7, 11) is 0. The molecular formula is C11H7ClN4. The lowest BCUT2D eigenvalue weighted by Crippen LogP contribution is -1.86. The largest absolute Gasteiger partial charge is 0.345 e. The molecule has 78 valence electrons. The molecule has 3 aromatic rings. The Morgan fingerprint density at radius 1 is 1.12 bits per heavy atom. The van der Waals surface area contributed by atoms with E-state index >= 15 is 0 Å². The lowest BCUT2D eigenvalue weighted by atomic mass is 10.1. The van der Waals surface area contributed by atoms with Crippen molar-refractivity contribution in [2.75, 3.05) is 0 Å². The van der Waals surface area contributed by atoms with Gasteiger partial charge in [-0.15, -0.1) is 0 Å². The molecule has 0 amide bonds. The van der Waals surface area contributed by atoms with Crippen molar-refractivity contribution in [3.05, 3.63) is 42.1 Å². The summed E-state index contributed by atoms with van der Waals surface area (Å²) in [4.78, 5) is 15.2. The minimum Gasteiger partial charge on any atom is -0.345 e. The van der Waals surface area contributed by atoms with Crippen LogP contribution in [0.5, 0.6) is 0 Å². The average Bonchev–Trinajstić information content (AvgIpc) is 2.75. The highest BCUT2D eigenvalue weighted by Crippen LogP contribution is 2.21. The SMILES string of the molecule is Clc1nccc(-c2ccc3nc[nH]c3c2)n1. The summed E-state index contributed by atoms with van der Waals surface area (Å²) in [6.07, 6.45) is 3.31. The molecular weight excluding hydrogens is 224 g/mol. The van der Waals surface area contributed by atoms with Gasteiger partial charge in [-0.25, -0.2) is 15.0 Å². The van der Waals surface area contributed by atoms with E-state index in [9.17, 15) is 0 Å². The van der Waals surface area contributed by atoms with Gasteiger partial charge in [-0.3, -0.25) is 0 Å². The predicted octanol–water partition coefficient (Wildman–Crippen LogP) is 2.67. The second-order valence-corrected chi connectivity index (χ2v) is 3.68. The van der Waals surface area contributed by atoms with Gasteiger partial charge < -0.3 is 4.98 Å². The van der Waals surface area contributed by atoms with Gasteiger partial charge in [0.25, 0.3) is 0 Å². The van der Waals surface area contributed by atoms with E-state index in [0.717, 1.165) is 22.3 Å². The fraction of sp³-hybridized carbons (Fsp3) is 0. The molecule has 0 fully saturated rings. The highest BCUT2D eigenvalue weighted by molar-refractivity contribution is 6.28. The number of rotatable bonds is 1. The van der Waals surface area contributed by atoms with Crippen LogP contribution in [-0.2, 0) is 0 Å². The fourth-order valence-corrected chi connectivity index (χ4v) is 1.74. The Balaban J connectivity index is 2.18. The van der Waals surface area contributed by atoms with Crippen molar-refractivity contribution < 1.29 is 0 Å². The smallest absolute Gasteiger partial charge is 0.222 e. The number of H-pyrrole nitrogens is 1. The zero-order valence-corrected chi connectivity index (χ0v) is 8.94. The van der Waals surface area contributed by atoms with Gasteiger partial charge in [0.1, 0.15) is 0 Å². The van der Waals surface area contributed by atoms with Crippen molar-refractivity contribution in [1.29, 1.82) is 0 Å². The molecule has 0 bridgehead atoms. The molecule has 0 unspecified atom stereocenters. The summed E-state index contributed by atoms with van der Waals surface area (Å²) in [6, 6.07) is 7.71. The number of hydrogen-bond donors (Lipinski definition) is 1. The molecule has 4 nitrogen and oxygen atoms in total. The first-order valence-corrected chi connectivity index (χ1v) is 5.13. The van der Waals surface area contributed by atoms with Crippen molar-refractivity contribution in [2.24, 2.45) is 0 Å². The molecule has 0 radical (unpaired) electrons. The average molecular weight is 231 g/mol. The third-order valence-electron chi connectivity index (χ3n) is 2.34. The van der Waals surface area contributed by atoms with E-state index in [2.05, 4.69) is 19.9 Å². The van der Waals surface area contributed by atoms with Crippen molar-refractivity contribution in [1.82, 2.24) is 19.9 Å². The minimum absolute atomic E-state index is 0.252. The monoisotopic (exact) mass is 230 g/mol. The summed E-state index contributed by atoms with van der Waals surface area (Å²) in [5, 5.41) is 0.252. The van der Waals surface area contributed by atoms with Gasteiger partial charge in [-0.2, -0.15) is 0 Å². The minimum atomic E-state index is 0.252. The lowest BCUT2D eigenvalue weighted by Gasteiger charge is -2.00. The maximum Gasteiger partial charge on any atom is 0.222 e. The van der Waals surface area contributed by atoms with Crippen LogP contribution in [0.25, 0.3) is 22.3 Å². The summed E-state index contributed by atoms with van der Waals surface area (Å²) in [5.74, 6) is 0. The van der Waals surface area contributed by atoms with E-state index in [4.69, 9.17) is 11.6 Å². The molecule has 0 aliphatic rings. The first-order chi connectivity index (χ1) is 7.83. The second kappa shape index (κ2) is 3.57. The highest BCUT2D eigenvalue weighted by atomic mass is 35.5. The number of hydrogen-bond acceptors (Lipinski definition) is 3. The number of aromatic nitrogens is 4. The van der Waals surface area contributed by atoms with Crippen molar-refractivity contribution in [3.8, 4) is 11.3 Å². The number of nitrogens with zero attached hydrogens (tertiary/aromatic N) is 3. The molecule has 0 aliphatic carbocycles. The van der Waals surface area contributed by atoms with Crippen LogP contribution < -0.4 is 0 Å². The van der Waals surface area contributed by atoms with Crippen LogP contribution >= 0.6 is 11.6 Å². The second-order valence-electron chi connectivity index (χ2n) is 3.35. The van der Waals surface area contributed by atoms with Gasteiger partial charge >= 0.3 is 0 Å². The number of nitrogens with one attached hydrogen (secondary N) is 1. The molecule has 5 heteroatoms. The quantitative estimate of drug-likeness (QED) is 0.654. The molecule has 0 saturated carbocycles. The van der Waals surface area contributed by atoms with Gasteiger partial charge in [0, 0.05) is 11.8 Å². The summed E-state index contributed by atoms with van der Waals surface area (Å²) >= 11 is 5.75. The van der Waals surface area contributed by atoms with Crippen LogP contribution in [0.3, 0.4) is 0 Å². The highest BCUT2D eigenvalue weighted by Gasteiger charge is 2.03. The maximum absolute atomic E-state index is 5.75. The molecule has 0 atom stereocenters. The van der Waals surface area contributed by atoms with Crippen molar-refractivity contribution in [3.63, 3.8) is 0 Å². The van der Waals surface area contributed by atoms with E-state index < -0.39 is 0 Å². The lowest BCUT2D eigenvalue weighted by molar-refractivity contribution is 1.17. The Kier molecular flexibility index (Phi) is 2.08. The number of halogens is 1. The normalized spacial score (nSPS) is 10.8. The zero-order chi connectivity index (χ0) is 11.0. The van der Waals surface area contributed by atoms with Crippen LogP contribution in [0.4, 0.5) is 0 Å². The van der Waals surface area contributed by atoms with Gasteiger partial charge in [-0.1, -0.05) is 6.07 Å². The molecule has 1 N–H and O–H groups in total. The van der Waals surface area contributed by atoms with Gasteiger partial charge in [0.15, 0.2) is 0 Å². The van der Waals surface area contributed by atoms with Crippen LogP contribution in [0.1, 0.15) is 0 Å². The molecule has 2 aromatic heterocycles. The summed E-state index contributed by atoms with van der Waals surface area (Å²) < 4.78 is 0. The third-order valence-corrected chi connectivity index (χ3v) is 2.52.